The summed E-state index contributed by atoms with van der Waals surface area (Å²) >= 11 is 0. The summed E-state index contributed by atoms with van der Waals surface area (Å²) in [6, 6.07) is 12.7. The number of likely N-dealkylation sites (tertiary alicyclic amines) is 1. The van der Waals surface area contributed by atoms with Crippen LogP contribution in [0.5, 0.6) is 5.75 Å². The van der Waals surface area contributed by atoms with Gasteiger partial charge in [-0.05, 0) is 69.2 Å². The van der Waals surface area contributed by atoms with Crippen molar-refractivity contribution < 1.29 is 18.7 Å². The van der Waals surface area contributed by atoms with Gasteiger partial charge in [0.2, 0.25) is 0 Å². The first-order chi connectivity index (χ1) is 15.5. The molecular formula is C24H28N4O4. The molecule has 0 unspecified atom stereocenters. The summed E-state index contributed by atoms with van der Waals surface area (Å²) in [4.78, 5) is 27.0. The number of benzene rings is 1. The van der Waals surface area contributed by atoms with E-state index >= 15 is 0 Å². The van der Waals surface area contributed by atoms with Gasteiger partial charge in [-0.25, -0.2) is 0 Å². The lowest BCUT2D eigenvalue weighted by molar-refractivity contribution is 0.0712. The summed E-state index contributed by atoms with van der Waals surface area (Å²) in [6.45, 7) is 5.58. The summed E-state index contributed by atoms with van der Waals surface area (Å²) < 4.78 is 10.9. The summed E-state index contributed by atoms with van der Waals surface area (Å²) in [5, 5.41) is 9.95. The van der Waals surface area contributed by atoms with Crippen LogP contribution in [0.3, 0.4) is 0 Å². The number of hydrogen-bond donors (Lipinski definition) is 2. The molecule has 8 nitrogen and oxygen atoms in total. The van der Waals surface area contributed by atoms with Gasteiger partial charge in [0.1, 0.15) is 17.2 Å². The quantitative estimate of drug-likeness (QED) is 0.588. The standard InChI is InChI=1S/C24H28N4O4/c1-16(2)32-19-7-5-18(6-8-19)24(30)28-11-9-17(10-12-28)21-14-22(27-26-21)23(29)25-15-20-4-3-13-31-20/h3-8,13-14,16-17H,9-12,15H2,1-2H3,(H,25,29)(H,26,27). The van der Waals surface area contributed by atoms with Gasteiger partial charge in [-0.2, -0.15) is 5.10 Å². The molecule has 3 heterocycles. The lowest BCUT2D eigenvalue weighted by atomic mass is 9.93. The van der Waals surface area contributed by atoms with Crippen molar-refractivity contribution in [3.05, 3.63) is 71.4 Å². The molecule has 0 radical (unpaired) electrons. The summed E-state index contributed by atoms with van der Waals surface area (Å²) in [7, 11) is 0. The molecule has 1 fully saturated rings. The molecule has 32 heavy (non-hydrogen) atoms. The van der Waals surface area contributed by atoms with Crippen LogP contribution in [-0.2, 0) is 6.54 Å². The predicted octanol–water partition coefficient (Wildman–Crippen LogP) is 3.74. The normalized spacial score (nSPS) is 14.5. The highest BCUT2D eigenvalue weighted by Crippen LogP contribution is 2.28. The van der Waals surface area contributed by atoms with E-state index in [9.17, 15) is 9.59 Å². The van der Waals surface area contributed by atoms with Crippen molar-refractivity contribution in [2.45, 2.75) is 45.3 Å². The Bertz CT molecular complexity index is 1030. The maximum atomic E-state index is 12.8. The van der Waals surface area contributed by atoms with E-state index in [-0.39, 0.29) is 23.8 Å². The Morgan fingerprint density at radius 1 is 1.22 bits per heavy atom. The highest BCUT2D eigenvalue weighted by Gasteiger charge is 2.26. The van der Waals surface area contributed by atoms with Gasteiger partial charge in [0.15, 0.2) is 0 Å². The van der Waals surface area contributed by atoms with Crippen LogP contribution in [-0.4, -0.2) is 46.1 Å². The topological polar surface area (TPSA) is 100 Å². The zero-order valence-corrected chi connectivity index (χ0v) is 18.3. The van der Waals surface area contributed by atoms with Gasteiger partial charge < -0.3 is 19.4 Å². The average Bonchev–Trinajstić information content (AvgIpc) is 3.50. The average molecular weight is 437 g/mol. The van der Waals surface area contributed by atoms with Crippen molar-refractivity contribution in [2.75, 3.05) is 13.1 Å². The first kappa shape index (κ1) is 21.7. The molecule has 1 saturated heterocycles. The predicted molar refractivity (Wildman–Crippen MR) is 119 cm³/mol. The van der Waals surface area contributed by atoms with Crippen LogP contribution in [0.2, 0.25) is 0 Å². The van der Waals surface area contributed by atoms with Gasteiger partial charge in [0.25, 0.3) is 11.8 Å². The Morgan fingerprint density at radius 2 is 1.97 bits per heavy atom. The number of nitrogens with zero attached hydrogens (tertiary/aromatic N) is 2. The first-order valence-electron chi connectivity index (χ1n) is 10.9. The number of aromatic nitrogens is 2. The largest absolute Gasteiger partial charge is 0.491 e. The van der Waals surface area contributed by atoms with Gasteiger partial charge in [-0.15, -0.1) is 0 Å². The Hall–Kier alpha value is -3.55. The minimum absolute atomic E-state index is 0.0298. The van der Waals surface area contributed by atoms with E-state index in [2.05, 4.69) is 15.5 Å². The second-order valence-electron chi connectivity index (χ2n) is 8.23. The second-order valence-corrected chi connectivity index (χ2v) is 8.23. The molecule has 0 bridgehead atoms. The van der Waals surface area contributed by atoms with E-state index < -0.39 is 0 Å². The van der Waals surface area contributed by atoms with Crippen LogP contribution in [0, 0.1) is 0 Å². The van der Waals surface area contributed by atoms with Crippen LogP contribution in [0.15, 0.2) is 53.1 Å². The number of aromatic amines is 1. The van der Waals surface area contributed by atoms with Gasteiger partial charge in [0, 0.05) is 30.3 Å². The Kier molecular flexibility index (Phi) is 6.58. The number of H-pyrrole nitrogens is 1. The van der Waals surface area contributed by atoms with E-state index in [1.54, 1.807) is 24.5 Å². The van der Waals surface area contributed by atoms with Gasteiger partial charge in [0.05, 0.1) is 18.9 Å². The van der Waals surface area contributed by atoms with Crippen LogP contribution in [0.25, 0.3) is 0 Å². The zero-order valence-electron chi connectivity index (χ0n) is 18.3. The smallest absolute Gasteiger partial charge is 0.272 e. The number of carbonyl (C=O) groups excluding carboxylic acids is 2. The van der Waals surface area contributed by atoms with E-state index in [0.717, 1.165) is 24.3 Å². The minimum Gasteiger partial charge on any atom is -0.491 e. The monoisotopic (exact) mass is 436 g/mol. The minimum atomic E-state index is -0.249. The third kappa shape index (κ3) is 5.19. The summed E-state index contributed by atoms with van der Waals surface area (Å²) in [6.07, 6.45) is 3.30. The van der Waals surface area contributed by atoms with E-state index in [1.807, 2.05) is 43.0 Å². The fourth-order valence-corrected chi connectivity index (χ4v) is 3.86. The number of amides is 2. The first-order valence-corrected chi connectivity index (χ1v) is 10.9. The van der Waals surface area contributed by atoms with Crippen LogP contribution in [0.1, 0.15) is 64.9 Å². The fraction of sp³-hybridized carbons (Fsp3) is 0.375. The number of rotatable bonds is 7. The number of furan rings is 1. The third-order valence-corrected chi connectivity index (χ3v) is 5.53. The SMILES string of the molecule is CC(C)Oc1ccc(C(=O)N2CCC(c3cc(C(=O)NCc4ccco4)n[nH]3)CC2)cc1. The van der Waals surface area contributed by atoms with Crippen molar-refractivity contribution in [1.29, 1.82) is 0 Å². The number of nitrogens with one attached hydrogen (secondary N) is 2. The zero-order chi connectivity index (χ0) is 22.5. The van der Waals surface area contributed by atoms with Crippen LogP contribution < -0.4 is 10.1 Å². The molecule has 1 aliphatic rings. The van der Waals surface area contributed by atoms with Gasteiger partial charge >= 0.3 is 0 Å². The van der Waals surface area contributed by atoms with Crippen molar-refractivity contribution in [3.8, 4) is 5.75 Å². The second kappa shape index (κ2) is 9.72. The van der Waals surface area contributed by atoms with Crippen LogP contribution in [0.4, 0.5) is 0 Å². The highest BCUT2D eigenvalue weighted by atomic mass is 16.5. The molecule has 3 aromatic rings. The molecule has 0 atom stereocenters. The maximum Gasteiger partial charge on any atom is 0.272 e. The van der Waals surface area contributed by atoms with Gasteiger partial charge in [-0.1, -0.05) is 0 Å². The molecule has 0 saturated carbocycles. The molecule has 2 amide bonds. The van der Waals surface area contributed by atoms with E-state index in [0.29, 0.717) is 36.7 Å². The highest BCUT2D eigenvalue weighted by molar-refractivity contribution is 5.94. The number of carbonyl (C=O) groups is 2. The van der Waals surface area contributed by atoms with Crippen molar-refractivity contribution >= 4 is 11.8 Å². The van der Waals surface area contributed by atoms with Gasteiger partial charge in [-0.3, -0.25) is 14.7 Å². The van der Waals surface area contributed by atoms with E-state index in [4.69, 9.17) is 9.15 Å². The molecular weight excluding hydrogens is 408 g/mol. The molecule has 0 aliphatic carbocycles. The maximum absolute atomic E-state index is 12.8. The van der Waals surface area contributed by atoms with Crippen LogP contribution >= 0.6 is 0 Å². The number of piperidine rings is 1. The Morgan fingerprint density at radius 3 is 2.62 bits per heavy atom. The lowest BCUT2D eigenvalue weighted by Gasteiger charge is -2.31. The molecule has 1 aromatic carbocycles. The third-order valence-electron chi connectivity index (χ3n) is 5.53. The molecule has 1 aliphatic heterocycles. The van der Waals surface area contributed by atoms with Crippen molar-refractivity contribution in [1.82, 2.24) is 20.4 Å². The molecule has 2 aromatic heterocycles. The summed E-state index contributed by atoms with van der Waals surface area (Å²) in [5.74, 6) is 1.47. The number of hydrogen-bond acceptors (Lipinski definition) is 5. The molecule has 0 spiro atoms. The van der Waals surface area contributed by atoms with Crippen molar-refractivity contribution in [2.24, 2.45) is 0 Å². The molecule has 2 N–H and O–H groups in total. The summed E-state index contributed by atoms with van der Waals surface area (Å²) in [5.41, 5.74) is 1.95. The Labute approximate surface area is 186 Å². The molecule has 4 rings (SSSR count). The number of ether oxygens (including phenoxy) is 1. The molecule has 168 valence electrons. The van der Waals surface area contributed by atoms with E-state index in [1.165, 1.54) is 0 Å². The molecule has 8 heteroatoms. The Balaban J connectivity index is 1.29. The fourth-order valence-electron chi connectivity index (χ4n) is 3.86. The van der Waals surface area contributed by atoms with Crippen molar-refractivity contribution in [3.63, 3.8) is 0 Å². The lowest BCUT2D eigenvalue weighted by Crippen LogP contribution is -2.38.